The summed E-state index contributed by atoms with van der Waals surface area (Å²) in [6, 6.07) is 8.91. The zero-order chi connectivity index (χ0) is 16.5. The molecule has 3 aliphatic heterocycles. The minimum Gasteiger partial charge on any atom is -0.370 e. The van der Waals surface area contributed by atoms with Gasteiger partial charge in [-0.2, -0.15) is 0 Å². The van der Waals surface area contributed by atoms with Crippen molar-refractivity contribution in [3.05, 3.63) is 35.4 Å². The van der Waals surface area contributed by atoms with Gasteiger partial charge in [-0.05, 0) is 67.9 Å². The first-order valence-corrected chi connectivity index (χ1v) is 9.70. The fourth-order valence-corrected chi connectivity index (χ4v) is 4.53. The van der Waals surface area contributed by atoms with E-state index in [1.54, 1.807) is 0 Å². The summed E-state index contributed by atoms with van der Waals surface area (Å²) in [5.74, 6) is 0. The van der Waals surface area contributed by atoms with E-state index in [1.165, 1.54) is 49.7 Å². The third-order valence-electron chi connectivity index (χ3n) is 6.58. The maximum atomic E-state index is 6.39. The molecular weight excluding hydrogens is 300 g/mol. The first kappa shape index (κ1) is 16.6. The van der Waals surface area contributed by atoms with Crippen LogP contribution in [-0.4, -0.2) is 19.5 Å². The van der Waals surface area contributed by atoms with E-state index in [0.717, 1.165) is 26.1 Å². The molecule has 1 atom stereocenters. The van der Waals surface area contributed by atoms with E-state index in [-0.39, 0.29) is 11.9 Å². The Morgan fingerprint density at radius 3 is 2.46 bits per heavy atom. The molecule has 1 aliphatic carbocycles. The molecule has 0 amide bonds. The third kappa shape index (κ3) is 3.14. The number of rotatable bonds is 5. The molecule has 0 aromatic heterocycles. The average Bonchev–Trinajstić information content (AvgIpc) is 2.69. The lowest BCUT2D eigenvalue weighted by atomic mass is 9.63. The Morgan fingerprint density at radius 2 is 1.88 bits per heavy atom. The molecule has 3 heterocycles. The van der Waals surface area contributed by atoms with E-state index in [1.807, 2.05) is 0 Å². The van der Waals surface area contributed by atoms with Gasteiger partial charge in [0.25, 0.3) is 0 Å². The first-order chi connectivity index (χ1) is 11.7. The highest BCUT2D eigenvalue weighted by atomic mass is 16.7. The molecule has 0 spiro atoms. The van der Waals surface area contributed by atoms with Gasteiger partial charge in [-0.15, -0.1) is 0 Å². The molecule has 4 fully saturated rings. The van der Waals surface area contributed by atoms with Crippen LogP contribution in [0, 0.1) is 5.41 Å². The fourth-order valence-electron chi connectivity index (χ4n) is 4.53. The Balaban J connectivity index is 1.37. The number of hydrogen-bond acceptors (Lipinski definition) is 3. The second-order valence-corrected chi connectivity index (χ2v) is 7.94. The molecule has 1 saturated carbocycles. The summed E-state index contributed by atoms with van der Waals surface area (Å²) in [5.41, 5.74) is 3.02. The van der Waals surface area contributed by atoms with Crippen LogP contribution < -0.4 is 0 Å². The molecule has 0 radical (unpaired) electrons. The van der Waals surface area contributed by atoms with Crippen molar-refractivity contribution < 1.29 is 14.2 Å². The van der Waals surface area contributed by atoms with Crippen molar-refractivity contribution in [1.82, 2.24) is 0 Å². The third-order valence-corrected chi connectivity index (χ3v) is 6.58. The average molecular weight is 330 g/mol. The predicted molar refractivity (Wildman–Crippen MR) is 93.6 cm³/mol. The van der Waals surface area contributed by atoms with E-state index in [4.69, 9.17) is 14.2 Å². The molecule has 3 saturated heterocycles. The number of hydrogen-bond donors (Lipinski definition) is 0. The molecule has 0 N–H and O–H groups in total. The molecule has 132 valence electrons. The quantitative estimate of drug-likeness (QED) is 0.766. The zero-order valence-electron chi connectivity index (χ0n) is 14.9. The number of fused-ring (bicyclic) bond motifs is 3. The molecule has 24 heavy (non-hydrogen) atoms. The second kappa shape index (κ2) is 6.78. The normalized spacial score (nSPS) is 36.0. The predicted octanol–water partition coefficient (Wildman–Crippen LogP) is 4.93. The van der Waals surface area contributed by atoms with Crippen molar-refractivity contribution >= 4 is 0 Å². The van der Waals surface area contributed by atoms with Gasteiger partial charge in [0.2, 0.25) is 0 Å². The smallest absolute Gasteiger partial charge is 0.158 e. The Labute approximate surface area is 145 Å². The number of ether oxygens (including phenoxy) is 3. The van der Waals surface area contributed by atoms with Crippen molar-refractivity contribution in [2.24, 2.45) is 5.41 Å². The highest BCUT2D eigenvalue weighted by molar-refractivity contribution is 5.29. The molecule has 1 aromatic rings. The van der Waals surface area contributed by atoms with Crippen LogP contribution in [0.25, 0.3) is 0 Å². The Bertz CT molecular complexity index is 520. The molecule has 2 bridgehead atoms. The van der Waals surface area contributed by atoms with Crippen molar-refractivity contribution in [3.8, 4) is 0 Å². The van der Waals surface area contributed by atoms with Crippen LogP contribution in [0.1, 0.15) is 69.4 Å². The first-order valence-electron chi connectivity index (χ1n) is 9.70. The second-order valence-electron chi connectivity index (χ2n) is 7.94. The van der Waals surface area contributed by atoms with E-state index in [0.29, 0.717) is 12.0 Å². The van der Waals surface area contributed by atoms with Crippen molar-refractivity contribution in [2.45, 2.75) is 76.8 Å². The van der Waals surface area contributed by atoms with Crippen molar-refractivity contribution in [3.63, 3.8) is 0 Å². The lowest BCUT2D eigenvalue weighted by molar-refractivity contribution is -0.190. The zero-order valence-corrected chi connectivity index (χ0v) is 14.9. The van der Waals surface area contributed by atoms with Crippen LogP contribution in [0.15, 0.2) is 24.3 Å². The standard InChI is InChI=1S/C21H30O3/c1-2-20-10-12-21(13-11-20,24-16-20)18-8-6-17(7-9-18)15-23-19-5-3-4-14-22-19/h6-9,19H,2-5,10-16H2,1H3. The lowest BCUT2D eigenvalue weighted by Gasteiger charge is -2.53. The van der Waals surface area contributed by atoms with Gasteiger partial charge >= 0.3 is 0 Å². The highest BCUT2D eigenvalue weighted by Gasteiger charge is 2.49. The Morgan fingerprint density at radius 1 is 1.08 bits per heavy atom. The van der Waals surface area contributed by atoms with Crippen LogP contribution >= 0.6 is 0 Å². The summed E-state index contributed by atoms with van der Waals surface area (Å²) in [7, 11) is 0. The maximum absolute atomic E-state index is 6.39. The highest BCUT2D eigenvalue weighted by Crippen LogP contribution is 2.54. The van der Waals surface area contributed by atoms with E-state index >= 15 is 0 Å². The van der Waals surface area contributed by atoms with Gasteiger partial charge in [0.1, 0.15) is 0 Å². The topological polar surface area (TPSA) is 27.7 Å². The summed E-state index contributed by atoms with van der Waals surface area (Å²) >= 11 is 0. The molecular formula is C21H30O3. The minimum atomic E-state index is -0.0250. The van der Waals surface area contributed by atoms with Crippen molar-refractivity contribution in [1.29, 1.82) is 0 Å². The van der Waals surface area contributed by atoms with Gasteiger partial charge in [-0.25, -0.2) is 0 Å². The Kier molecular flexibility index (Phi) is 4.68. The van der Waals surface area contributed by atoms with Gasteiger partial charge < -0.3 is 14.2 Å². The lowest BCUT2D eigenvalue weighted by Crippen LogP contribution is -2.48. The van der Waals surface area contributed by atoms with Gasteiger partial charge in [-0.1, -0.05) is 31.2 Å². The molecule has 4 aliphatic rings. The van der Waals surface area contributed by atoms with Crippen LogP contribution in [0.4, 0.5) is 0 Å². The van der Waals surface area contributed by atoms with Gasteiger partial charge in [0, 0.05) is 6.61 Å². The Hall–Kier alpha value is -0.900. The van der Waals surface area contributed by atoms with Crippen LogP contribution in [0.5, 0.6) is 0 Å². The molecule has 5 rings (SSSR count). The van der Waals surface area contributed by atoms with E-state index in [9.17, 15) is 0 Å². The maximum Gasteiger partial charge on any atom is 0.158 e. The number of benzene rings is 1. The molecule has 3 heteroatoms. The summed E-state index contributed by atoms with van der Waals surface area (Å²) in [6.07, 6.45) is 9.61. The van der Waals surface area contributed by atoms with Crippen LogP contribution in [-0.2, 0) is 26.4 Å². The fraction of sp³-hybridized carbons (Fsp3) is 0.714. The summed E-state index contributed by atoms with van der Waals surface area (Å²) < 4.78 is 17.9. The molecule has 1 unspecified atom stereocenters. The largest absolute Gasteiger partial charge is 0.370 e. The monoisotopic (exact) mass is 330 g/mol. The van der Waals surface area contributed by atoms with E-state index in [2.05, 4.69) is 31.2 Å². The van der Waals surface area contributed by atoms with E-state index < -0.39 is 0 Å². The van der Waals surface area contributed by atoms with Gasteiger partial charge in [-0.3, -0.25) is 0 Å². The SMILES string of the molecule is CCC12CCC(c3ccc(COC4CCCCO4)cc3)(CC1)OC2. The molecule has 3 nitrogen and oxygen atoms in total. The van der Waals surface area contributed by atoms with Gasteiger partial charge in [0.05, 0.1) is 18.8 Å². The minimum absolute atomic E-state index is 0.0146. The molecule has 1 aromatic carbocycles. The summed E-state index contributed by atoms with van der Waals surface area (Å²) in [6.45, 7) is 4.72. The van der Waals surface area contributed by atoms with Crippen molar-refractivity contribution in [2.75, 3.05) is 13.2 Å². The van der Waals surface area contributed by atoms with Gasteiger partial charge in [0.15, 0.2) is 6.29 Å². The van der Waals surface area contributed by atoms with Crippen LogP contribution in [0.2, 0.25) is 0 Å². The summed E-state index contributed by atoms with van der Waals surface area (Å²) in [4.78, 5) is 0. The van der Waals surface area contributed by atoms with Crippen LogP contribution in [0.3, 0.4) is 0 Å². The summed E-state index contributed by atoms with van der Waals surface area (Å²) in [5, 5.41) is 0.